The van der Waals surface area contributed by atoms with Crippen LogP contribution in [0.25, 0.3) is 21.0 Å². The number of fused-ring (bicyclic) bond motifs is 5. The predicted molar refractivity (Wildman–Crippen MR) is 95.9 cm³/mol. The van der Waals surface area contributed by atoms with E-state index in [1.54, 1.807) is 20.3 Å². The molecule has 1 aliphatic heterocycles. The normalized spacial score (nSPS) is 13.6. The van der Waals surface area contributed by atoms with Gasteiger partial charge in [-0.15, -0.1) is 11.3 Å². The van der Waals surface area contributed by atoms with Crippen LogP contribution in [0, 0.1) is 0 Å². The summed E-state index contributed by atoms with van der Waals surface area (Å²) in [5.41, 5.74) is 1.76. The molecule has 1 amide bonds. The predicted octanol–water partition coefficient (Wildman–Crippen LogP) is 3.52. The van der Waals surface area contributed by atoms with E-state index >= 15 is 0 Å². The summed E-state index contributed by atoms with van der Waals surface area (Å²) < 4.78 is 5.33. The largest absolute Gasteiger partial charge is 0.388 e. The van der Waals surface area contributed by atoms with Crippen LogP contribution < -0.4 is 10.6 Å². The highest BCUT2D eigenvalue weighted by Crippen LogP contribution is 2.40. The van der Waals surface area contributed by atoms with Crippen molar-refractivity contribution in [1.29, 1.82) is 0 Å². The third-order valence-electron chi connectivity index (χ3n) is 3.41. The fourth-order valence-corrected chi connectivity index (χ4v) is 3.81. The van der Waals surface area contributed by atoms with Crippen molar-refractivity contribution in [3.63, 3.8) is 0 Å². The van der Waals surface area contributed by atoms with Gasteiger partial charge in [-0.25, -0.2) is 4.98 Å². The topological polar surface area (TPSA) is 63.2 Å². The van der Waals surface area contributed by atoms with Crippen LogP contribution in [0.3, 0.4) is 0 Å². The van der Waals surface area contributed by atoms with E-state index in [1.807, 2.05) is 18.2 Å². The number of aromatic nitrogens is 1. The van der Waals surface area contributed by atoms with Crippen LogP contribution in [0.5, 0.6) is 0 Å². The van der Waals surface area contributed by atoms with Gasteiger partial charge in [0.05, 0.1) is 11.2 Å². The number of pyridine rings is 1. The minimum atomic E-state index is -0.0127. The second-order valence-corrected chi connectivity index (χ2v) is 6.48. The lowest BCUT2D eigenvalue weighted by molar-refractivity contribution is 0.0962. The zero-order valence-electron chi connectivity index (χ0n) is 12.8. The molecule has 3 heterocycles. The van der Waals surface area contributed by atoms with Crippen molar-refractivity contribution in [2.75, 3.05) is 32.6 Å². The number of carbonyl (C=O) groups excluding carboxylic acids is 1. The van der Waals surface area contributed by atoms with Gasteiger partial charge in [-0.2, -0.15) is 0 Å². The Kier molecular flexibility index (Phi) is 4.66. The molecule has 3 aromatic rings. The fraction of sp³-hybridized carbons (Fsp3) is 0.250. The van der Waals surface area contributed by atoms with Crippen molar-refractivity contribution in [3.8, 4) is 0 Å². The highest BCUT2D eigenvalue weighted by atomic mass is 35.5. The number of amides is 1. The molecule has 0 fully saturated rings. The molecule has 7 heteroatoms. The van der Waals surface area contributed by atoms with Crippen LogP contribution in [-0.4, -0.2) is 38.2 Å². The van der Waals surface area contributed by atoms with E-state index < -0.39 is 0 Å². The van der Waals surface area contributed by atoms with Crippen LogP contribution >= 0.6 is 22.9 Å². The van der Waals surface area contributed by atoms with E-state index in [2.05, 4.69) is 20.4 Å². The van der Waals surface area contributed by atoms with Crippen molar-refractivity contribution >= 4 is 55.5 Å². The molecule has 4 rings (SSSR count). The molecule has 0 atom stereocenters. The second-order valence-electron chi connectivity index (χ2n) is 5.04. The van der Waals surface area contributed by atoms with Crippen LogP contribution in [0.15, 0.2) is 24.3 Å². The molecule has 1 aromatic carbocycles. The van der Waals surface area contributed by atoms with Gasteiger partial charge in [0.25, 0.3) is 5.91 Å². The average Bonchev–Trinajstić information content (AvgIpc) is 2.81. The highest BCUT2D eigenvalue weighted by molar-refractivity contribution is 7.21. The summed E-state index contributed by atoms with van der Waals surface area (Å²) in [6.07, 6.45) is 0. The monoisotopic (exact) mass is 349 g/mol. The molecular weight excluding hydrogens is 334 g/mol. The minimum absolute atomic E-state index is 0.0127. The number of hydrogen-bond donors (Lipinski definition) is 2. The van der Waals surface area contributed by atoms with Crippen molar-refractivity contribution in [1.82, 2.24) is 10.3 Å². The summed E-state index contributed by atoms with van der Waals surface area (Å²) in [7, 11) is 3.25. The van der Waals surface area contributed by atoms with E-state index in [4.69, 9.17) is 11.6 Å². The van der Waals surface area contributed by atoms with Crippen LogP contribution in [0.4, 0.5) is 5.69 Å². The third-order valence-corrected chi connectivity index (χ3v) is 4.77. The van der Waals surface area contributed by atoms with Gasteiger partial charge in [0.1, 0.15) is 10.0 Å². The first kappa shape index (κ1) is 16.0. The van der Waals surface area contributed by atoms with Gasteiger partial charge in [-0.3, -0.25) is 4.79 Å². The molecule has 2 N–H and O–H groups in total. The van der Waals surface area contributed by atoms with E-state index in [1.165, 1.54) is 11.3 Å². The highest BCUT2D eigenvalue weighted by Gasteiger charge is 2.22. The smallest absolute Gasteiger partial charge is 0.263 e. The van der Waals surface area contributed by atoms with E-state index in [9.17, 15) is 4.79 Å². The number of anilines is 1. The molecule has 0 bridgehead atoms. The Labute approximate surface area is 142 Å². The summed E-state index contributed by atoms with van der Waals surface area (Å²) >= 11 is 7.45. The van der Waals surface area contributed by atoms with Gasteiger partial charge in [-0.05, 0) is 24.3 Å². The van der Waals surface area contributed by atoms with E-state index in [0.717, 1.165) is 38.1 Å². The van der Waals surface area contributed by atoms with Gasteiger partial charge in [0.2, 0.25) is 0 Å². The molecule has 1 aliphatic rings. The van der Waals surface area contributed by atoms with Crippen molar-refractivity contribution in [2.24, 2.45) is 0 Å². The Balaban J connectivity index is 0.000000485. The first-order valence-corrected chi connectivity index (χ1v) is 8.29. The van der Waals surface area contributed by atoms with Crippen molar-refractivity contribution < 1.29 is 9.53 Å². The quantitative estimate of drug-likeness (QED) is 0.609. The maximum atomic E-state index is 12.1. The fourth-order valence-electron chi connectivity index (χ4n) is 2.55. The molecule has 5 nitrogen and oxygen atoms in total. The standard InChI is InChI=1S/C14H10ClN3OS.C2H6O/c15-10-4-1-7-8(18-10)2-3-9-11(7)12-13(20-9)14(19)17-6-5-16-12;1-3-2/h1-4,16H,5-6H2,(H,17,19);1-2H3. The summed E-state index contributed by atoms with van der Waals surface area (Å²) in [6, 6.07) is 7.68. The minimum Gasteiger partial charge on any atom is -0.388 e. The molecule has 120 valence electrons. The number of carbonyl (C=O) groups is 1. The molecule has 23 heavy (non-hydrogen) atoms. The molecule has 0 spiro atoms. The first-order chi connectivity index (χ1) is 11.2. The number of benzene rings is 1. The third kappa shape index (κ3) is 2.97. The molecule has 2 aromatic heterocycles. The lowest BCUT2D eigenvalue weighted by Crippen LogP contribution is -2.24. The zero-order chi connectivity index (χ0) is 16.4. The molecule has 0 radical (unpaired) electrons. The summed E-state index contributed by atoms with van der Waals surface area (Å²) in [5, 5.41) is 8.80. The number of rotatable bonds is 0. The molecule has 0 unspecified atom stereocenters. The lowest BCUT2D eigenvalue weighted by Gasteiger charge is -2.05. The average molecular weight is 350 g/mol. The Hall–Kier alpha value is -1.89. The molecule has 0 saturated carbocycles. The number of ether oxygens (including phenoxy) is 1. The summed E-state index contributed by atoms with van der Waals surface area (Å²) in [5.74, 6) is -0.0127. The molecule has 0 saturated heterocycles. The Morgan fingerprint density at radius 1 is 1.17 bits per heavy atom. The number of methoxy groups -OCH3 is 1. The van der Waals surface area contributed by atoms with Gasteiger partial charge in [-0.1, -0.05) is 11.6 Å². The van der Waals surface area contributed by atoms with Crippen molar-refractivity contribution in [2.45, 2.75) is 0 Å². The SMILES string of the molecule is COC.O=C1NCCNc2c1sc1ccc3nc(Cl)ccc3c21. The summed E-state index contributed by atoms with van der Waals surface area (Å²) in [4.78, 5) is 17.2. The number of halogens is 1. The van der Waals surface area contributed by atoms with Crippen LogP contribution in [-0.2, 0) is 4.74 Å². The van der Waals surface area contributed by atoms with Crippen molar-refractivity contribution in [3.05, 3.63) is 34.3 Å². The number of nitrogens with one attached hydrogen (secondary N) is 2. The maximum Gasteiger partial charge on any atom is 0.263 e. The summed E-state index contributed by atoms with van der Waals surface area (Å²) in [6.45, 7) is 1.36. The van der Waals surface area contributed by atoms with E-state index in [-0.39, 0.29) is 5.91 Å². The number of nitrogens with zero attached hydrogens (tertiary/aromatic N) is 1. The second kappa shape index (κ2) is 6.70. The number of hydrogen-bond acceptors (Lipinski definition) is 5. The van der Waals surface area contributed by atoms with Crippen LogP contribution in [0.1, 0.15) is 9.67 Å². The molecule has 0 aliphatic carbocycles. The zero-order valence-corrected chi connectivity index (χ0v) is 14.3. The Bertz CT molecular complexity index is 879. The first-order valence-electron chi connectivity index (χ1n) is 7.09. The van der Waals surface area contributed by atoms with Gasteiger partial charge in [0, 0.05) is 42.8 Å². The van der Waals surface area contributed by atoms with Gasteiger partial charge >= 0.3 is 0 Å². The molecular formula is C16H16ClN3O2S. The number of thiophene rings is 1. The van der Waals surface area contributed by atoms with Crippen LogP contribution in [0.2, 0.25) is 5.15 Å². The van der Waals surface area contributed by atoms with Gasteiger partial charge in [0.15, 0.2) is 0 Å². The lowest BCUT2D eigenvalue weighted by atomic mass is 10.1. The van der Waals surface area contributed by atoms with Gasteiger partial charge < -0.3 is 15.4 Å². The Morgan fingerprint density at radius 2 is 1.91 bits per heavy atom. The maximum absolute atomic E-state index is 12.1. The Morgan fingerprint density at radius 3 is 2.70 bits per heavy atom. The van der Waals surface area contributed by atoms with E-state index in [0.29, 0.717) is 11.7 Å².